The van der Waals surface area contributed by atoms with Crippen molar-refractivity contribution in [1.82, 2.24) is 4.98 Å². The average molecular weight is 295 g/mol. The molecule has 0 saturated carbocycles. The van der Waals surface area contributed by atoms with Crippen LogP contribution in [0.3, 0.4) is 0 Å². The zero-order valence-electron chi connectivity index (χ0n) is 10.8. The second kappa shape index (κ2) is 6.78. The molecule has 0 bridgehead atoms. The minimum absolute atomic E-state index is 0.468. The van der Waals surface area contributed by atoms with Gasteiger partial charge in [0, 0.05) is 42.6 Å². The molecule has 0 unspecified atom stereocenters. The summed E-state index contributed by atoms with van der Waals surface area (Å²) in [5.74, 6) is 0.468. The lowest BCUT2D eigenvalue weighted by Gasteiger charge is -2.22. The average Bonchev–Trinajstić information content (AvgIpc) is 2.45. The first-order valence-electron chi connectivity index (χ1n) is 6.15. The van der Waals surface area contributed by atoms with Gasteiger partial charge in [0.05, 0.1) is 0 Å². The Balaban J connectivity index is 2.05. The van der Waals surface area contributed by atoms with Crippen molar-refractivity contribution in [2.45, 2.75) is 12.3 Å². The highest BCUT2D eigenvalue weighted by molar-refractivity contribution is 6.30. The molecule has 0 amide bonds. The van der Waals surface area contributed by atoms with Gasteiger partial charge in [0.15, 0.2) is 0 Å². The zero-order chi connectivity index (χ0) is 13.7. The predicted molar refractivity (Wildman–Crippen MR) is 82.2 cm³/mol. The lowest BCUT2D eigenvalue weighted by atomic mass is 10.1. The SMILES string of the molecule is CN(CCc1ccncc1)c1ccc(Cl)cc1CCl. The summed E-state index contributed by atoms with van der Waals surface area (Å²) in [6, 6.07) is 9.92. The molecule has 2 nitrogen and oxygen atoms in total. The Labute approximate surface area is 124 Å². The number of rotatable bonds is 5. The summed E-state index contributed by atoms with van der Waals surface area (Å²) in [7, 11) is 2.07. The van der Waals surface area contributed by atoms with E-state index in [4.69, 9.17) is 23.2 Å². The molecule has 0 N–H and O–H groups in total. The number of aromatic nitrogens is 1. The topological polar surface area (TPSA) is 16.1 Å². The van der Waals surface area contributed by atoms with E-state index in [9.17, 15) is 0 Å². The molecule has 0 atom stereocenters. The maximum atomic E-state index is 5.99. The summed E-state index contributed by atoms with van der Waals surface area (Å²) in [5.41, 5.74) is 3.48. The summed E-state index contributed by atoms with van der Waals surface area (Å²) in [4.78, 5) is 6.22. The standard InChI is InChI=1S/C15H16Cl2N2/c1-19(9-6-12-4-7-18-8-5-12)15-3-2-14(17)10-13(15)11-16/h2-5,7-8,10H,6,9,11H2,1H3. The van der Waals surface area contributed by atoms with Crippen molar-refractivity contribution < 1.29 is 0 Å². The highest BCUT2D eigenvalue weighted by Gasteiger charge is 2.07. The minimum Gasteiger partial charge on any atom is -0.374 e. The van der Waals surface area contributed by atoms with Crippen molar-refractivity contribution in [2.75, 3.05) is 18.5 Å². The van der Waals surface area contributed by atoms with E-state index in [1.165, 1.54) is 5.56 Å². The number of halogens is 2. The number of nitrogens with zero attached hydrogens (tertiary/aromatic N) is 2. The second-order valence-electron chi connectivity index (χ2n) is 4.43. The van der Waals surface area contributed by atoms with Crippen LogP contribution in [0.1, 0.15) is 11.1 Å². The number of hydrogen-bond donors (Lipinski definition) is 0. The van der Waals surface area contributed by atoms with Gasteiger partial charge in [-0.05, 0) is 47.9 Å². The van der Waals surface area contributed by atoms with Gasteiger partial charge >= 0.3 is 0 Å². The molecule has 2 aromatic rings. The summed E-state index contributed by atoms with van der Waals surface area (Å²) in [6.45, 7) is 0.926. The maximum Gasteiger partial charge on any atom is 0.0495 e. The maximum absolute atomic E-state index is 5.99. The highest BCUT2D eigenvalue weighted by atomic mass is 35.5. The van der Waals surface area contributed by atoms with Gasteiger partial charge in [0.25, 0.3) is 0 Å². The zero-order valence-corrected chi connectivity index (χ0v) is 12.3. The predicted octanol–water partition coefficient (Wildman–Crippen LogP) is 4.15. The normalized spacial score (nSPS) is 10.5. The lowest BCUT2D eigenvalue weighted by Crippen LogP contribution is -2.21. The quantitative estimate of drug-likeness (QED) is 0.770. The molecule has 4 heteroatoms. The smallest absolute Gasteiger partial charge is 0.0495 e. The van der Waals surface area contributed by atoms with Crippen LogP contribution >= 0.6 is 23.2 Å². The van der Waals surface area contributed by atoms with E-state index >= 15 is 0 Å². The van der Waals surface area contributed by atoms with Crippen LogP contribution in [0.5, 0.6) is 0 Å². The number of benzene rings is 1. The first-order valence-corrected chi connectivity index (χ1v) is 7.06. The number of hydrogen-bond acceptors (Lipinski definition) is 2. The van der Waals surface area contributed by atoms with E-state index in [0.717, 1.165) is 29.2 Å². The summed E-state index contributed by atoms with van der Waals surface area (Å²) >= 11 is 12.0. The van der Waals surface area contributed by atoms with Gasteiger partial charge in [-0.15, -0.1) is 11.6 Å². The molecule has 0 aliphatic heterocycles. The first-order chi connectivity index (χ1) is 9.20. The molecule has 0 radical (unpaired) electrons. The van der Waals surface area contributed by atoms with Crippen LogP contribution in [0.2, 0.25) is 5.02 Å². The molecule has 0 fully saturated rings. The molecule has 1 aromatic heterocycles. The third-order valence-corrected chi connectivity index (χ3v) is 3.61. The summed E-state index contributed by atoms with van der Waals surface area (Å²) in [5, 5.41) is 0.724. The van der Waals surface area contributed by atoms with Crippen LogP contribution in [-0.2, 0) is 12.3 Å². The van der Waals surface area contributed by atoms with Crippen molar-refractivity contribution in [3.8, 4) is 0 Å². The number of alkyl halides is 1. The van der Waals surface area contributed by atoms with E-state index in [2.05, 4.69) is 16.9 Å². The molecular weight excluding hydrogens is 279 g/mol. The van der Waals surface area contributed by atoms with Crippen molar-refractivity contribution >= 4 is 28.9 Å². The third-order valence-electron chi connectivity index (χ3n) is 3.08. The number of likely N-dealkylation sites (N-methyl/N-ethyl adjacent to an activating group) is 1. The van der Waals surface area contributed by atoms with Crippen LogP contribution in [-0.4, -0.2) is 18.6 Å². The highest BCUT2D eigenvalue weighted by Crippen LogP contribution is 2.25. The summed E-state index contributed by atoms with van der Waals surface area (Å²) < 4.78 is 0. The van der Waals surface area contributed by atoms with E-state index in [-0.39, 0.29) is 0 Å². The Hall–Kier alpha value is -1.25. The van der Waals surface area contributed by atoms with E-state index in [0.29, 0.717) is 5.88 Å². The molecule has 0 saturated heterocycles. The first kappa shape index (κ1) is 14.2. The second-order valence-corrected chi connectivity index (χ2v) is 5.14. The van der Waals surface area contributed by atoms with E-state index in [1.54, 1.807) is 0 Å². The molecule has 100 valence electrons. The molecule has 0 aliphatic carbocycles. The fourth-order valence-corrected chi connectivity index (χ4v) is 2.41. The van der Waals surface area contributed by atoms with Gasteiger partial charge in [0.1, 0.15) is 0 Å². The van der Waals surface area contributed by atoms with Crippen LogP contribution in [0.15, 0.2) is 42.7 Å². The van der Waals surface area contributed by atoms with Gasteiger partial charge in [-0.1, -0.05) is 11.6 Å². The Morgan fingerprint density at radius 3 is 2.58 bits per heavy atom. The molecule has 19 heavy (non-hydrogen) atoms. The molecule has 0 aliphatic rings. The summed E-state index contributed by atoms with van der Waals surface area (Å²) in [6.07, 6.45) is 4.62. The Kier molecular flexibility index (Phi) is 5.06. The van der Waals surface area contributed by atoms with E-state index < -0.39 is 0 Å². The van der Waals surface area contributed by atoms with Crippen LogP contribution in [0.4, 0.5) is 5.69 Å². The molecule has 0 spiro atoms. The van der Waals surface area contributed by atoms with Gasteiger partial charge in [-0.3, -0.25) is 4.98 Å². The molecular formula is C15H16Cl2N2. The molecule has 1 heterocycles. The third kappa shape index (κ3) is 3.85. The van der Waals surface area contributed by atoms with Crippen molar-refractivity contribution in [3.63, 3.8) is 0 Å². The van der Waals surface area contributed by atoms with Gasteiger partial charge in [-0.2, -0.15) is 0 Å². The van der Waals surface area contributed by atoms with Crippen LogP contribution in [0.25, 0.3) is 0 Å². The van der Waals surface area contributed by atoms with E-state index in [1.807, 2.05) is 42.7 Å². The van der Waals surface area contributed by atoms with Crippen LogP contribution < -0.4 is 4.90 Å². The minimum atomic E-state index is 0.468. The van der Waals surface area contributed by atoms with Gasteiger partial charge in [0.2, 0.25) is 0 Å². The van der Waals surface area contributed by atoms with Gasteiger partial charge < -0.3 is 4.90 Å². The van der Waals surface area contributed by atoms with Crippen molar-refractivity contribution in [2.24, 2.45) is 0 Å². The Morgan fingerprint density at radius 1 is 1.16 bits per heavy atom. The Bertz CT molecular complexity index is 529. The largest absolute Gasteiger partial charge is 0.374 e. The van der Waals surface area contributed by atoms with Crippen molar-refractivity contribution in [3.05, 3.63) is 58.9 Å². The van der Waals surface area contributed by atoms with Crippen molar-refractivity contribution in [1.29, 1.82) is 0 Å². The fraction of sp³-hybridized carbons (Fsp3) is 0.267. The molecule has 1 aromatic carbocycles. The lowest BCUT2D eigenvalue weighted by molar-refractivity contribution is 0.870. The number of pyridine rings is 1. The number of anilines is 1. The molecule has 2 rings (SSSR count). The Morgan fingerprint density at radius 2 is 1.89 bits per heavy atom. The fourth-order valence-electron chi connectivity index (χ4n) is 2.00. The van der Waals surface area contributed by atoms with Crippen LogP contribution in [0, 0.1) is 0 Å². The van der Waals surface area contributed by atoms with Gasteiger partial charge in [-0.25, -0.2) is 0 Å². The monoisotopic (exact) mass is 294 g/mol.